The highest BCUT2D eigenvalue weighted by atomic mass is 32.1. The summed E-state index contributed by atoms with van der Waals surface area (Å²) in [4.78, 5) is 13.7. The molecule has 0 atom stereocenters. The standard InChI is InChI=1S/C16H18N6S/c17-11-13-3-1-6-18-15(13)21-7-2-8-22(10-9-21)16-19-14(20-23-16)12-4-5-12/h1,3,6,12H,2,4-5,7-10H2. The summed E-state index contributed by atoms with van der Waals surface area (Å²) >= 11 is 1.52. The van der Waals surface area contributed by atoms with Crippen LogP contribution < -0.4 is 9.80 Å². The first-order chi connectivity index (χ1) is 11.3. The average Bonchev–Trinajstić information content (AvgIpc) is 3.38. The van der Waals surface area contributed by atoms with Crippen LogP contribution in [0.2, 0.25) is 0 Å². The Kier molecular flexibility index (Phi) is 3.83. The maximum atomic E-state index is 9.27. The van der Waals surface area contributed by atoms with Crippen molar-refractivity contribution in [3.63, 3.8) is 0 Å². The maximum absolute atomic E-state index is 9.27. The molecule has 0 amide bonds. The van der Waals surface area contributed by atoms with Gasteiger partial charge in [0.15, 0.2) is 0 Å². The average molecular weight is 326 g/mol. The Hall–Kier alpha value is -2.20. The second-order valence-corrected chi connectivity index (χ2v) is 6.75. The van der Waals surface area contributed by atoms with E-state index in [4.69, 9.17) is 4.98 Å². The first kappa shape index (κ1) is 14.4. The molecule has 118 valence electrons. The van der Waals surface area contributed by atoms with Gasteiger partial charge in [0.25, 0.3) is 0 Å². The molecule has 4 rings (SSSR count). The topological polar surface area (TPSA) is 68.9 Å². The Morgan fingerprint density at radius 3 is 2.83 bits per heavy atom. The van der Waals surface area contributed by atoms with E-state index in [1.54, 1.807) is 6.20 Å². The largest absolute Gasteiger partial charge is 0.354 e. The first-order valence-corrected chi connectivity index (χ1v) is 8.81. The predicted octanol–water partition coefficient (Wildman–Crippen LogP) is 2.40. The summed E-state index contributed by atoms with van der Waals surface area (Å²) < 4.78 is 4.51. The van der Waals surface area contributed by atoms with Gasteiger partial charge in [-0.15, -0.1) is 0 Å². The molecule has 7 heteroatoms. The van der Waals surface area contributed by atoms with Crippen LogP contribution in [0.4, 0.5) is 10.9 Å². The molecule has 3 heterocycles. The van der Waals surface area contributed by atoms with Crippen LogP contribution in [0.3, 0.4) is 0 Å². The van der Waals surface area contributed by atoms with Crippen LogP contribution in [-0.2, 0) is 0 Å². The third-order valence-corrected chi connectivity index (χ3v) is 5.14. The van der Waals surface area contributed by atoms with Crippen molar-refractivity contribution in [2.75, 3.05) is 36.0 Å². The summed E-state index contributed by atoms with van der Waals surface area (Å²) in [5.41, 5.74) is 0.646. The van der Waals surface area contributed by atoms with Gasteiger partial charge in [0.05, 0.1) is 5.56 Å². The van der Waals surface area contributed by atoms with Crippen molar-refractivity contribution in [3.8, 4) is 6.07 Å². The Labute approximate surface area is 139 Å². The molecule has 1 aliphatic heterocycles. The number of anilines is 2. The minimum atomic E-state index is 0.607. The lowest BCUT2D eigenvalue weighted by atomic mass is 10.2. The van der Waals surface area contributed by atoms with Crippen LogP contribution >= 0.6 is 11.5 Å². The number of nitriles is 1. The third kappa shape index (κ3) is 2.99. The van der Waals surface area contributed by atoms with E-state index in [2.05, 4.69) is 25.2 Å². The number of hydrogen-bond acceptors (Lipinski definition) is 7. The Morgan fingerprint density at radius 1 is 1.17 bits per heavy atom. The van der Waals surface area contributed by atoms with E-state index >= 15 is 0 Å². The van der Waals surface area contributed by atoms with Gasteiger partial charge in [-0.25, -0.2) is 9.97 Å². The second kappa shape index (κ2) is 6.13. The zero-order valence-electron chi connectivity index (χ0n) is 12.9. The van der Waals surface area contributed by atoms with Crippen LogP contribution in [0, 0.1) is 11.3 Å². The van der Waals surface area contributed by atoms with E-state index in [1.165, 1.54) is 24.4 Å². The van der Waals surface area contributed by atoms with E-state index in [-0.39, 0.29) is 0 Å². The molecule has 0 radical (unpaired) electrons. The Bertz CT molecular complexity index is 732. The molecular weight excluding hydrogens is 308 g/mol. The molecule has 6 nitrogen and oxygen atoms in total. The number of rotatable bonds is 3. The predicted molar refractivity (Wildman–Crippen MR) is 89.9 cm³/mol. The highest BCUT2D eigenvalue weighted by Gasteiger charge is 2.29. The molecule has 0 N–H and O–H groups in total. The Morgan fingerprint density at radius 2 is 2.00 bits per heavy atom. The van der Waals surface area contributed by atoms with Gasteiger partial charge >= 0.3 is 0 Å². The zero-order valence-corrected chi connectivity index (χ0v) is 13.7. The molecule has 0 spiro atoms. The summed E-state index contributed by atoms with van der Waals surface area (Å²) in [6.45, 7) is 3.63. The third-order valence-electron chi connectivity index (χ3n) is 4.35. The van der Waals surface area contributed by atoms with E-state index in [0.717, 1.165) is 49.4 Å². The molecule has 0 bridgehead atoms. The molecule has 2 aliphatic rings. The van der Waals surface area contributed by atoms with Crippen LogP contribution in [-0.4, -0.2) is 40.5 Å². The van der Waals surface area contributed by atoms with Crippen molar-refractivity contribution in [1.29, 1.82) is 5.26 Å². The second-order valence-electron chi connectivity index (χ2n) is 6.02. The normalized spacial score (nSPS) is 18.6. The summed E-state index contributed by atoms with van der Waals surface area (Å²) in [5.74, 6) is 2.44. The van der Waals surface area contributed by atoms with Crippen molar-refractivity contribution in [2.45, 2.75) is 25.2 Å². The summed E-state index contributed by atoms with van der Waals surface area (Å²) in [6, 6.07) is 5.88. The highest BCUT2D eigenvalue weighted by molar-refractivity contribution is 7.09. The fourth-order valence-corrected chi connectivity index (χ4v) is 3.72. The van der Waals surface area contributed by atoms with Gasteiger partial charge in [0, 0.05) is 49.8 Å². The van der Waals surface area contributed by atoms with Crippen LogP contribution in [0.1, 0.15) is 36.6 Å². The quantitative estimate of drug-likeness (QED) is 0.863. The van der Waals surface area contributed by atoms with Crippen LogP contribution in [0.25, 0.3) is 0 Å². The molecule has 0 unspecified atom stereocenters. The fraction of sp³-hybridized carbons (Fsp3) is 0.500. The summed E-state index contributed by atoms with van der Waals surface area (Å²) in [5, 5.41) is 10.3. The molecule has 2 aromatic heterocycles. The number of nitrogens with zero attached hydrogens (tertiary/aromatic N) is 6. The first-order valence-electron chi connectivity index (χ1n) is 8.04. The van der Waals surface area contributed by atoms with Crippen LogP contribution in [0.15, 0.2) is 18.3 Å². The van der Waals surface area contributed by atoms with Gasteiger partial charge in [-0.1, -0.05) is 0 Å². The highest BCUT2D eigenvalue weighted by Crippen LogP contribution is 2.39. The van der Waals surface area contributed by atoms with Crippen molar-refractivity contribution in [3.05, 3.63) is 29.7 Å². The number of aromatic nitrogens is 3. The van der Waals surface area contributed by atoms with Crippen molar-refractivity contribution < 1.29 is 0 Å². The van der Waals surface area contributed by atoms with Crippen molar-refractivity contribution in [1.82, 2.24) is 14.3 Å². The molecule has 2 fully saturated rings. The number of pyridine rings is 1. The molecule has 1 saturated carbocycles. The van der Waals surface area contributed by atoms with E-state index < -0.39 is 0 Å². The summed E-state index contributed by atoms with van der Waals surface area (Å²) in [7, 11) is 0. The van der Waals surface area contributed by atoms with E-state index in [9.17, 15) is 5.26 Å². The Balaban J connectivity index is 1.48. The van der Waals surface area contributed by atoms with Gasteiger partial charge in [0.1, 0.15) is 17.7 Å². The molecule has 1 aliphatic carbocycles. The maximum Gasteiger partial charge on any atom is 0.205 e. The minimum Gasteiger partial charge on any atom is -0.354 e. The van der Waals surface area contributed by atoms with E-state index in [1.807, 2.05) is 12.1 Å². The van der Waals surface area contributed by atoms with Crippen LogP contribution in [0.5, 0.6) is 0 Å². The molecular formula is C16H18N6S. The van der Waals surface area contributed by atoms with Gasteiger partial charge in [-0.2, -0.15) is 9.64 Å². The minimum absolute atomic E-state index is 0.607. The van der Waals surface area contributed by atoms with Gasteiger partial charge in [-0.05, 0) is 31.4 Å². The zero-order chi connectivity index (χ0) is 15.6. The smallest absolute Gasteiger partial charge is 0.205 e. The van der Waals surface area contributed by atoms with Crippen molar-refractivity contribution >= 4 is 22.5 Å². The lowest BCUT2D eigenvalue weighted by molar-refractivity contribution is 0.795. The number of hydrogen-bond donors (Lipinski definition) is 0. The lowest BCUT2D eigenvalue weighted by Crippen LogP contribution is -2.31. The molecule has 2 aromatic rings. The molecule has 0 aromatic carbocycles. The fourth-order valence-electron chi connectivity index (χ4n) is 2.92. The monoisotopic (exact) mass is 326 g/mol. The SMILES string of the molecule is N#Cc1cccnc1N1CCCN(c2nc(C3CC3)ns2)CC1. The van der Waals surface area contributed by atoms with Gasteiger partial charge < -0.3 is 9.80 Å². The van der Waals surface area contributed by atoms with E-state index in [0.29, 0.717) is 11.5 Å². The lowest BCUT2D eigenvalue weighted by Gasteiger charge is -2.22. The van der Waals surface area contributed by atoms with Gasteiger partial charge in [-0.3, -0.25) is 0 Å². The molecule has 23 heavy (non-hydrogen) atoms. The van der Waals surface area contributed by atoms with Gasteiger partial charge in [0.2, 0.25) is 5.13 Å². The van der Waals surface area contributed by atoms with Crippen molar-refractivity contribution in [2.24, 2.45) is 0 Å². The molecule has 1 saturated heterocycles. The summed E-state index contributed by atoms with van der Waals surface area (Å²) in [6.07, 6.45) is 5.26.